The molecule has 2 aromatic heterocycles. The Labute approximate surface area is 205 Å². The second kappa shape index (κ2) is 9.92. The molecule has 2 aromatic carbocycles. The maximum atomic E-state index is 13.0. The van der Waals surface area contributed by atoms with E-state index in [2.05, 4.69) is 20.0 Å². The topological polar surface area (TPSA) is 84.6 Å². The van der Waals surface area contributed by atoms with E-state index in [1.54, 1.807) is 7.11 Å². The Bertz CT molecular complexity index is 1280. The Hall–Kier alpha value is -3.27. The fourth-order valence-corrected chi connectivity index (χ4v) is 4.75. The number of methoxy groups -OCH3 is 1. The minimum atomic E-state index is -0.0521. The number of carbonyl (C=O) groups excluding carboxylic acids is 1. The second-order valence-corrected chi connectivity index (χ2v) is 9.15. The van der Waals surface area contributed by atoms with Gasteiger partial charge in [0, 0.05) is 47.7 Å². The van der Waals surface area contributed by atoms with Crippen LogP contribution in [-0.4, -0.2) is 64.1 Å². The Balaban J connectivity index is 1.16. The summed E-state index contributed by atoms with van der Waals surface area (Å²) in [6.07, 6.45) is 0. The highest BCUT2D eigenvalue weighted by molar-refractivity contribution is 7.13. The number of ether oxygens (including phenoxy) is 1. The Morgan fingerprint density at radius 1 is 1.09 bits per heavy atom. The van der Waals surface area contributed by atoms with Gasteiger partial charge in [-0.25, -0.2) is 4.98 Å². The van der Waals surface area contributed by atoms with Crippen LogP contribution in [0.15, 0.2) is 58.4 Å². The second-order valence-electron chi connectivity index (χ2n) is 7.86. The van der Waals surface area contributed by atoms with Gasteiger partial charge in [0.05, 0.1) is 13.7 Å². The molecule has 0 spiro atoms. The van der Waals surface area contributed by atoms with Crippen LogP contribution in [0.5, 0.6) is 5.75 Å². The van der Waals surface area contributed by atoms with E-state index in [1.165, 1.54) is 11.3 Å². The monoisotopic (exact) mass is 495 g/mol. The van der Waals surface area contributed by atoms with Crippen LogP contribution in [0, 0.1) is 0 Å². The Morgan fingerprint density at radius 2 is 1.88 bits per heavy atom. The van der Waals surface area contributed by atoms with Gasteiger partial charge in [-0.2, -0.15) is 4.98 Å². The molecular weight excluding hydrogens is 474 g/mol. The van der Waals surface area contributed by atoms with Gasteiger partial charge in [-0.05, 0) is 36.4 Å². The Morgan fingerprint density at radius 3 is 2.62 bits per heavy atom. The lowest BCUT2D eigenvalue weighted by atomic mass is 10.2. The van der Waals surface area contributed by atoms with Crippen molar-refractivity contribution in [1.29, 1.82) is 0 Å². The summed E-state index contributed by atoms with van der Waals surface area (Å²) in [5.41, 5.74) is 2.25. The number of rotatable bonds is 6. The van der Waals surface area contributed by atoms with Gasteiger partial charge in [0.2, 0.25) is 11.7 Å². The van der Waals surface area contributed by atoms with Crippen LogP contribution in [-0.2, 0) is 6.54 Å². The van der Waals surface area contributed by atoms with Crippen molar-refractivity contribution in [2.45, 2.75) is 6.54 Å². The molecule has 0 aliphatic carbocycles. The van der Waals surface area contributed by atoms with Crippen molar-refractivity contribution in [3.8, 4) is 27.7 Å². The lowest BCUT2D eigenvalue weighted by Crippen LogP contribution is -2.48. The van der Waals surface area contributed by atoms with Gasteiger partial charge in [-0.15, -0.1) is 11.3 Å². The number of hydrogen-bond donors (Lipinski definition) is 0. The SMILES string of the molecule is COc1ccc(-c2noc(CN3CCN(C(=O)c4csc(-c5cccc(Cl)c5)n4)CC3)n2)cc1. The quantitative estimate of drug-likeness (QED) is 0.390. The van der Waals surface area contributed by atoms with Crippen molar-refractivity contribution in [1.82, 2.24) is 24.9 Å². The van der Waals surface area contributed by atoms with E-state index < -0.39 is 0 Å². The summed E-state index contributed by atoms with van der Waals surface area (Å²) >= 11 is 7.52. The molecule has 4 aromatic rings. The van der Waals surface area contributed by atoms with Gasteiger partial charge in [0.1, 0.15) is 16.5 Å². The van der Waals surface area contributed by atoms with Crippen LogP contribution in [0.4, 0.5) is 0 Å². The molecule has 0 bridgehead atoms. The lowest BCUT2D eigenvalue weighted by molar-refractivity contribution is 0.0610. The highest BCUT2D eigenvalue weighted by Crippen LogP contribution is 2.27. The maximum absolute atomic E-state index is 13.0. The van der Waals surface area contributed by atoms with Crippen molar-refractivity contribution in [2.24, 2.45) is 0 Å². The standard InChI is InChI=1S/C24H22ClN5O3S/c1-32-19-7-5-16(6-8-19)22-27-21(33-28-22)14-29-9-11-30(12-10-29)24(31)20-15-34-23(26-20)17-3-2-4-18(25)13-17/h2-8,13,15H,9-12,14H2,1H3. The van der Waals surface area contributed by atoms with E-state index in [1.807, 2.05) is 58.8 Å². The normalized spacial score (nSPS) is 14.4. The Kier molecular flexibility index (Phi) is 6.57. The van der Waals surface area contributed by atoms with Crippen LogP contribution in [0.1, 0.15) is 16.4 Å². The average molecular weight is 496 g/mol. The highest BCUT2D eigenvalue weighted by atomic mass is 35.5. The number of nitrogens with zero attached hydrogens (tertiary/aromatic N) is 5. The fraction of sp³-hybridized carbons (Fsp3) is 0.250. The summed E-state index contributed by atoms with van der Waals surface area (Å²) in [5.74, 6) is 1.82. The molecule has 1 aliphatic rings. The van der Waals surface area contributed by atoms with Gasteiger partial charge in [0.25, 0.3) is 5.91 Å². The molecule has 1 saturated heterocycles. The molecule has 1 amide bonds. The zero-order chi connectivity index (χ0) is 23.5. The van der Waals surface area contributed by atoms with Crippen molar-refractivity contribution in [2.75, 3.05) is 33.3 Å². The highest BCUT2D eigenvalue weighted by Gasteiger charge is 2.25. The predicted molar refractivity (Wildman–Crippen MR) is 130 cm³/mol. The van der Waals surface area contributed by atoms with E-state index in [9.17, 15) is 4.79 Å². The van der Waals surface area contributed by atoms with E-state index in [4.69, 9.17) is 20.9 Å². The molecule has 0 radical (unpaired) electrons. The van der Waals surface area contributed by atoms with Crippen LogP contribution in [0.2, 0.25) is 5.02 Å². The number of benzene rings is 2. The van der Waals surface area contributed by atoms with E-state index in [0.717, 1.165) is 35.0 Å². The smallest absolute Gasteiger partial charge is 0.273 e. The minimum Gasteiger partial charge on any atom is -0.497 e. The summed E-state index contributed by atoms with van der Waals surface area (Å²) < 4.78 is 10.6. The third-order valence-corrected chi connectivity index (χ3v) is 6.76. The van der Waals surface area contributed by atoms with Crippen LogP contribution < -0.4 is 4.74 Å². The first-order valence-electron chi connectivity index (χ1n) is 10.8. The van der Waals surface area contributed by atoms with Crippen molar-refractivity contribution in [3.63, 3.8) is 0 Å². The van der Waals surface area contributed by atoms with Gasteiger partial charge < -0.3 is 14.2 Å². The van der Waals surface area contributed by atoms with E-state index >= 15 is 0 Å². The predicted octanol–water partition coefficient (Wildman–Crippen LogP) is 4.48. The first kappa shape index (κ1) is 22.5. The van der Waals surface area contributed by atoms with E-state index in [0.29, 0.717) is 42.1 Å². The number of halogens is 1. The summed E-state index contributed by atoms with van der Waals surface area (Å²) in [4.78, 5) is 26.0. The summed E-state index contributed by atoms with van der Waals surface area (Å²) in [6, 6.07) is 15.0. The summed E-state index contributed by atoms with van der Waals surface area (Å²) in [5, 5.41) is 7.33. The maximum Gasteiger partial charge on any atom is 0.273 e. The number of hydrogen-bond acceptors (Lipinski definition) is 8. The number of aromatic nitrogens is 3. The summed E-state index contributed by atoms with van der Waals surface area (Å²) in [6.45, 7) is 3.21. The zero-order valence-electron chi connectivity index (χ0n) is 18.5. The molecule has 174 valence electrons. The third kappa shape index (κ3) is 4.96. The average Bonchev–Trinajstić information content (AvgIpc) is 3.55. The van der Waals surface area contributed by atoms with Crippen LogP contribution in [0.3, 0.4) is 0 Å². The van der Waals surface area contributed by atoms with Gasteiger partial charge >= 0.3 is 0 Å². The molecular formula is C24H22ClN5O3S. The number of piperazine rings is 1. The van der Waals surface area contributed by atoms with Crippen LogP contribution in [0.25, 0.3) is 22.0 Å². The van der Waals surface area contributed by atoms with Crippen molar-refractivity contribution >= 4 is 28.8 Å². The molecule has 0 saturated carbocycles. The third-order valence-electron chi connectivity index (χ3n) is 5.63. The lowest BCUT2D eigenvalue weighted by Gasteiger charge is -2.33. The van der Waals surface area contributed by atoms with Crippen LogP contribution >= 0.6 is 22.9 Å². The molecule has 1 aliphatic heterocycles. The number of thiazole rings is 1. The van der Waals surface area contributed by atoms with Crippen molar-refractivity contribution in [3.05, 3.63) is 70.5 Å². The summed E-state index contributed by atoms with van der Waals surface area (Å²) in [7, 11) is 1.63. The molecule has 3 heterocycles. The largest absolute Gasteiger partial charge is 0.497 e. The molecule has 1 fully saturated rings. The molecule has 0 N–H and O–H groups in total. The zero-order valence-corrected chi connectivity index (χ0v) is 20.1. The first-order chi connectivity index (χ1) is 16.6. The van der Waals surface area contributed by atoms with Crippen molar-refractivity contribution < 1.29 is 14.1 Å². The molecule has 0 atom stereocenters. The number of amides is 1. The molecule has 0 unspecified atom stereocenters. The van der Waals surface area contributed by atoms with Gasteiger partial charge in [-0.3, -0.25) is 9.69 Å². The first-order valence-corrected chi connectivity index (χ1v) is 12.0. The van der Waals surface area contributed by atoms with E-state index in [-0.39, 0.29) is 5.91 Å². The molecule has 34 heavy (non-hydrogen) atoms. The molecule has 8 nitrogen and oxygen atoms in total. The molecule has 5 rings (SSSR count). The van der Waals surface area contributed by atoms with Gasteiger partial charge in [-0.1, -0.05) is 28.9 Å². The number of carbonyl (C=O) groups is 1. The minimum absolute atomic E-state index is 0.0521. The fourth-order valence-electron chi connectivity index (χ4n) is 3.76. The van der Waals surface area contributed by atoms with Gasteiger partial charge in [0.15, 0.2) is 0 Å². The molecule has 10 heteroatoms.